The van der Waals surface area contributed by atoms with Gasteiger partial charge in [0.1, 0.15) is 5.60 Å². The van der Waals surface area contributed by atoms with E-state index in [4.69, 9.17) is 4.74 Å². The second-order valence-electron chi connectivity index (χ2n) is 7.44. The summed E-state index contributed by atoms with van der Waals surface area (Å²) in [4.78, 5) is 12.0. The lowest BCUT2D eigenvalue weighted by Crippen LogP contribution is -2.24. The van der Waals surface area contributed by atoms with Gasteiger partial charge in [-0.15, -0.1) is 0 Å². The van der Waals surface area contributed by atoms with Gasteiger partial charge in [0.05, 0.1) is 6.42 Å². The molecule has 22 heavy (non-hydrogen) atoms. The molecule has 1 aromatic heterocycles. The van der Waals surface area contributed by atoms with Crippen LogP contribution in [0.2, 0.25) is 0 Å². The molecule has 0 spiro atoms. The van der Waals surface area contributed by atoms with E-state index in [-0.39, 0.29) is 5.97 Å². The van der Waals surface area contributed by atoms with Crippen LogP contribution in [0.3, 0.4) is 0 Å². The molecular weight excluding hydrogens is 274 g/mol. The van der Waals surface area contributed by atoms with Gasteiger partial charge in [0, 0.05) is 24.1 Å². The van der Waals surface area contributed by atoms with Gasteiger partial charge in [-0.25, -0.2) is 0 Å². The van der Waals surface area contributed by atoms with Crippen LogP contribution in [0.5, 0.6) is 0 Å². The molecule has 2 aromatic rings. The van der Waals surface area contributed by atoms with Gasteiger partial charge >= 0.3 is 5.97 Å². The second kappa shape index (κ2) is 5.45. The number of esters is 1. The summed E-state index contributed by atoms with van der Waals surface area (Å²) in [5.74, 6) is 0.536. The van der Waals surface area contributed by atoms with Crippen molar-refractivity contribution in [3.05, 3.63) is 35.5 Å². The van der Waals surface area contributed by atoms with Crippen molar-refractivity contribution in [1.82, 2.24) is 4.57 Å². The van der Waals surface area contributed by atoms with E-state index in [0.717, 1.165) is 5.56 Å². The van der Waals surface area contributed by atoms with Gasteiger partial charge in [-0.1, -0.05) is 12.5 Å². The summed E-state index contributed by atoms with van der Waals surface area (Å²) in [6.07, 6.45) is 6.50. The van der Waals surface area contributed by atoms with E-state index in [1.165, 1.54) is 35.7 Å². The van der Waals surface area contributed by atoms with E-state index >= 15 is 0 Å². The van der Waals surface area contributed by atoms with E-state index in [1.54, 1.807) is 0 Å². The van der Waals surface area contributed by atoms with Crippen molar-refractivity contribution in [3.63, 3.8) is 0 Å². The highest BCUT2D eigenvalue weighted by Crippen LogP contribution is 2.40. The molecule has 1 aliphatic carbocycles. The number of carbonyl (C=O) groups excluding carboxylic acids is 1. The predicted octanol–water partition coefficient (Wildman–Crippen LogP) is 4.33. The van der Waals surface area contributed by atoms with Crippen LogP contribution >= 0.6 is 0 Å². The first-order chi connectivity index (χ1) is 10.3. The number of aromatic nitrogens is 1. The zero-order valence-corrected chi connectivity index (χ0v) is 14.0. The third-order valence-electron chi connectivity index (χ3n) is 4.40. The molecule has 1 fully saturated rings. The summed E-state index contributed by atoms with van der Waals surface area (Å²) < 4.78 is 7.62. The zero-order valence-electron chi connectivity index (χ0n) is 14.0. The summed E-state index contributed by atoms with van der Waals surface area (Å²) in [5, 5.41) is 1.30. The van der Waals surface area contributed by atoms with Crippen LogP contribution in [-0.2, 0) is 23.0 Å². The molecule has 0 atom stereocenters. The van der Waals surface area contributed by atoms with Crippen LogP contribution in [0.4, 0.5) is 0 Å². The molecule has 3 heteroatoms. The van der Waals surface area contributed by atoms with Crippen LogP contribution in [0.1, 0.15) is 57.1 Å². The summed E-state index contributed by atoms with van der Waals surface area (Å²) in [6.45, 7) is 5.71. The maximum absolute atomic E-state index is 12.0. The highest BCUT2D eigenvalue weighted by Gasteiger charge is 2.23. The van der Waals surface area contributed by atoms with E-state index in [9.17, 15) is 4.79 Å². The molecule has 0 bridgehead atoms. The normalized spacial score (nSPS) is 15.8. The number of hydrogen-bond acceptors (Lipinski definition) is 2. The Bertz CT molecular complexity index is 702. The number of ether oxygens (including phenoxy) is 1. The summed E-state index contributed by atoms with van der Waals surface area (Å²) >= 11 is 0. The maximum Gasteiger partial charge on any atom is 0.310 e. The van der Waals surface area contributed by atoms with Crippen LogP contribution in [0.25, 0.3) is 10.9 Å². The summed E-state index contributed by atoms with van der Waals surface area (Å²) in [7, 11) is 2.10. The summed E-state index contributed by atoms with van der Waals surface area (Å²) in [5.41, 5.74) is 3.29. The fourth-order valence-corrected chi connectivity index (χ4v) is 3.17. The van der Waals surface area contributed by atoms with Gasteiger partial charge in [0.2, 0.25) is 0 Å². The Morgan fingerprint density at radius 1 is 1.32 bits per heavy atom. The Labute approximate surface area is 132 Å². The molecule has 0 N–H and O–H groups in total. The van der Waals surface area contributed by atoms with Gasteiger partial charge in [-0.2, -0.15) is 0 Å². The maximum atomic E-state index is 12.0. The standard InChI is InChI=1S/C19H25NO2/c1-19(2,3)22-18(21)11-13-8-9-17-15(10-13)16(12-20(17)4)14-6-5-7-14/h8-10,12,14H,5-7,11H2,1-4H3. The second-order valence-corrected chi connectivity index (χ2v) is 7.44. The van der Waals surface area contributed by atoms with Crippen LogP contribution < -0.4 is 0 Å². The molecular formula is C19H25NO2. The van der Waals surface area contributed by atoms with Crippen molar-refractivity contribution in [2.45, 2.75) is 58.0 Å². The lowest BCUT2D eigenvalue weighted by Gasteiger charge is -2.25. The first kappa shape index (κ1) is 15.1. The molecule has 1 aliphatic rings. The number of benzene rings is 1. The van der Waals surface area contributed by atoms with E-state index in [0.29, 0.717) is 12.3 Å². The molecule has 1 saturated carbocycles. The Kier molecular flexibility index (Phi) is 3.75. The van der Waals surface area contributed by atoms with E-state index < -0.39 is 5.60 Å². The quantitative estimate of drug-likeness (QED) is 0.790. The van der Waals surface area contributed by atoms with Crippen molar-refractivity contribution >= 4 is 16.9 Å². The molecule has 0 unspecified atom stereocenters. The Morgan fingerprint density at radius 2 is 2.05 bits per heavy atom. The van der Waals surface area contributed by atoms with Gasteiger partial charge in [0.15, 0.2) is 0 Å². The molecule has 1 aromatic carbocycles. The molecule has 0 amide bonds. The lowest BCUT2D eigenvalue weighted by molar-refractivity contribution is -0.153. The van der Waals surface area contributed by atoms with Crippen LogP contribution in [0, 0.1) is 0 Å². The minimum atomic E-state index is -0.426. The van der Waals surface area contributed by atoms with E-state index in [1.807, 2.05) is 26.8 Å². The smallest absolute Gasteiger partial charge is 0.310 e. The van der Waals surface area contributed by atoms with Crippen molar-refractivity contribution < 1.29 is 9.53 Å². The molecule has 0 radical (unpaired) electrons. The SMILES string of the molecule is Cn1cc(C2CCC2)c2cc(CC(=O)OC(C)(C)C)ccc21. The highest BCUT2D eigenvalue weighted by atomic mass is 16.6. The number of carbonyl (C=O) groups is 1. The van der Waals surface area contributed by atoms with Crippen molar-refractivity contribution in [1.29, 1.82) is 0 Å². The first-order valence-corrected chi connectivity index (χ1v) is 8.13. The van der Waals surface area contributed by atoms with Crippen molar-refractivity contribution in [2.24, 2.45) is 7.05 Å². The largest absolute Gasteiger partial charge is 0.460 e. The van der Waals surface area contributed by atoms with Gasteiger partial charge in [-0.3, -0.25) is 4.79 Å². The zero-order chi connectivity index (χ0) is 15.9. The number of nitrogens with zero attached hydrogens (tertiary/aromatic N) is 1. The number of fused-ring (bicyclic) bond motifs is 1. The van der Waals surface area contributed by atoms with Gasteiger partial charge in [-0.05, 0) is 62.8 Å². The Balaban J connectivity index is 1.87. The van der Waals surface area contributed by atoms with E-state index in [2.05, 4.69) is 29.9 Å². The fraction of sp³-hybridized carbons (Fsp3) is 0.526. The molecule has 0 saturated heterocycles. The van der Waals surface area contributed by atoms with Crippen molar-refractivity contribution in [2.75, 3.05) is 0 Å². The molecule has 3 nitrogen and oxygen atoms in total. The third-order valence-corrected chi connectivity index (χ3v) is 4.40. The summed E-state index contributed by atoms with van der Waals surface area (Å²) in [6, 6.07) is 6.33. The van der Waals surface area contributed by atoms with Gasteiger partial charge in [0.25, 0.3) is 0 Å². The first-order valence-electron chi connectivity index (χ1n) is 8.13. The Morgan fingerprint density at radius 3 is 2.64 bits per heavy atom. The number of aryl methyl sites for hydroxylation is 1. The Hall–Kier alpha value is -1.77. The molecule has 118 valence electrons. The van der Waals surface area contributed by atoms with Crippen molar-refractivity contribution in [3.8, 4) is 0 Å². The molecule has 0 aliphatic heterocycles. The van der Waals surface area contributed by atoms with Crippen LogP contribution in [-0.4, -0.2) is 16.1 Å². The molecule has 3 rings (SSSR count). The predicted molar refractivity (Wildman–Crippen MR) is 89.1 cm³/mol. The minimum absolute atomic E-state index is 0.159. The number of rotatable bonds is 3. The average molecular weight is 299 g/mol. The lowest BCUT2D eigenvalue weighted by atomic mass is 9.80. The molecule has 1 heterocycles. The number of hydrogen-bond donors (Lipinski definition) is 0. The fourth-order valence-electron chi connectivity index (χ4n) is 3.17. The topological polar surface area (TPSA) is 31.2 Å². The van der Waals surface area contributed by atoms with Crippen LogP contribution in [0.15, 0.2) is 24.4 Å². The third kappa shape index (κ3) is 3.03. The minimum Gasteiger partial charge on any atom is -0.460 e. The van der Waals surface area contributed by atoms with Gasteiger partial charge < -0.3 is 9.30 Å². The monoisotopic (exact) mass is 299 g/mol. The highest BCUT2D eigenvalue weighted by molar-refractivity contribution is 5.86. The average Bonchev–Trinajstić information content (AvgIpc) is 2.62.